The monoisotopic (exact) mass is 488 g/mol. The zero-order valence-corrected chi connectivity index (χ0v) is 20.7. The lowest BCUT2D eigenvalue weighted by molar-refractivity contribution is -0.465. The molecule has 0 bridgehead atoms. The molecule has 2 fully saturated rings. The van der Waals surface area contributed by atoms with Gasteiger partial charge in [0.2, 0.25) is 5.91 Å². The van der Waals surface area contributed by atoms with Crippen molar-refractivity contribution < 1.29 is 19.6 Å². The largest absolute Gasteiger partial charge is 0.418 e. The maximum absolute atomic E-state index is 14.0. The van der Waals surface area contributed by atoms with Crippen molar-refractivity contribution in [3.05, 3.63) is 59.7 Å². The summed E-state index contributed by atoms with van der Waals surface area (Å²) in [5.41, 5.74) is 3.54. The summed E-state index contributed by atoms with van der Waals surface area (Å²) < 4.78 is 5.51. The van der Waals surface area contributed by atoms with Gasteiger partial charge in [-0.1, -0.05) is 31.0 Å². The van der Waals surface area contributed by atoms with Crippen molar-refractivity contribution in [3.63, 3.8) is 0 Å². The van der Waals surface area contributed by atoms with E-state index in [1.54, 1.807) is 36.7 Å². The van der Waals surface area contributed by atoms with Crippen LogP contribution in [0.5, 0.6) is 0 Å². The van der Waals surface area contributed by atoms with Crippen LogP contribution < -0.4 is 16.0 Å². The number of urea groups is 1. The maximum atomic E-state index is 14.0. The minimum atomic E-state index is -0.223. The van der Waals surface area contributed by atoms with Gasteiger partial charge in [0.25, 0.3) is 0 Å². The molecule has 1 saturated carbocycles. The number of primary amides is 1. The first kappa shape index (κ1) is 24.3. The van der Waals surface area contributed by atoms with Gasteiger partial charge in [0.15, 0.2) is 0 Å². The van der Waals surface area contributed by atoms with Gasteiger partial charge in [0.1, 0.15) is 5.69 Å². The van der Waals surface area contributed by atoms with Crippen LogP contribution in [-0.2, 0) is 9.53 Å². The van der Waals surface area contributed by atoms with Gasteiger partial charge >= 0.3 is 6.03 Å². The minimum absolute atomic E-state index is 0.0265. The number of benzene rings is 2. The van der Waals surface area contributed by atoms with E-state index in [2.05, 4.69) is 33.7 Å². The molecule has 188 valence electrons. The number of anilines is 1. The average Bonchev–Trinajstić information content (AvgIpc) is 3.35. The van der Waals surface area contributed by atoms with Gasteiger partial charge in [-0.15, -0.1) is 0 Å². The summed E-state index contributed by atoms with van der Waals surface area (Å²) in [6, 6.07) is 17.1. The molecular weight excluding hydrogens is 454 g/mol. The Morgan fingerprint density at radius 3 is 2.69 bits per heavy atom. The third-order valence-electron chi connectivity index (χ3n) is 7.96. The lowest BCUT2D eigenvalue weighted by atomic mass is 9.81. The number of hydrogen-bond acceptors (Lipinski definition) is 5. The Morgan fingerprint density at radius 1 is 1.14 bits per heavy atom. The standard InChI is InChI=1S/C28H33N5O3/c1-36-17-25-21-14-15-33(26(21)20-6-2-4-8-23(20)31-25)27(34)22-7-3-5-9-24(22)32-28(35)30-19-12-10-18(16-29)11-13-19/h2,4,6,8,10-13,21-22,24-26,31H,3,5,7,9,14-15,17H2,1H3,(H2,30,32,35)/p+1/t21-,22+,24-,25+,26+/m1/s1. The van der Waals surface area contributed by atoms with E-state index in [4.69, 9.17) is 10.00 Å². The fourth-order valence-electron chi connectivity index (χ4n) is 6.26. The zero-order chi connectivity index (χ0) is 25.1. The second-order valence-corrected chi connectivity index (χ2v) is 10.1. The summed E-state index contributed by atoms with van der Waals surface area (Å²) in [5.74, 6) is 0.225. The molecular formula is C28H34N5O3+. The molecule has 2 heterocycles. The van der Waals surface area contributed by atoms with Crippen LogP contribution in [0.4, 0.5) is 16.2 Å². The number of nitrogens with two attached hydrogens (primary N) is 1. The Bertz CT molecular complexity index is 1140. The molecule has 8 nitrogen and oxygen atoms in total. The molecule has 2 aromatic carbocycles. The van der Waals surface area contributed by atoms with Crippen molar-refractivity contribution in [3.8, 4) is 6.07 Å². The van der Waals surface area contributed by atoms with Crippen LogP contribution in [0.25, 0.3) is 0 Å². The number of rotatable bonds is 5. The van der Waals surface area contributed by atoms with Crippen LogP contribution in [0, 0.1) is 23.2 Å². The summed E-state index contributed by atoms with van der Waals surface area (Å²) >= 11 is 0. The Morgan fingerprint density at radius 2 is 1.92 bits per heavy atom. The van der Waals surface area contributed by atoms with Crippen molar-refractivity contribution in [2.75, 3.05) is 25.6 Å². The molecule has 0 spiro atoms. The number of fused-ring (bicyclic) bond motifs is 3. The van der Waals surface area contributed by atoms with Gasteiger partial charge in [-0.05, 0) is 43.0 Å². The maximum Gasteiger partial charge on any atom is 0.418 e. The number of nitriles is 1. The van der Waals surface area contributed by atoms with Crippen LogP contribution in [0.1, 0.15) is 49.3 Å². The fraction of sp³-hybridized carbons (Fsp3) is 0.464. The molecule has 2 aromatic rings. The number of carbonyl (C=O) groups excluding carboxylic acids is 2. The van der Waals surface area contributed by atoms with E-state index < -0.39 is 0 Å². The van der Waals surface area contributed by atoms with E-state index in [9.17, 15) is 9.59 Å². The molecule has 5 atom stereocenters. The number of nitrogens with one attached hydrogen (secondary N) is 2. The number of ether oxygens (including phenoxy) is 1. The summed E-state index contributed by atoms with van der Waals surface area (Å²) in [6.07, 6.45) is 4.52. The quantitative estimate of drug-likeness (QED) is 0.560. The number of quaternary nitrogens is 1. The number of para-hydroxylation sites is 1. The fourth-order valence-corrected chi connectivity index (χ4v) is 6.26. The molecule has 3 amide bonds. The molecule has 0 unspecified atom stereocenters. The van der Waals surface area contributed by atoms with Gasteiger partial charge in [0, 0.05) is 43.4 Å². The zero-order valence-electron chi connectivity index (χ0n) is 20.7. The van der Waals surface area contributed by atoms with Crippen molar-refractivity contribution in [1.82, 2.24) is 10.2 Å². The van der Waals surface area contributed by atoms with Gasteiger partial charge in [-0.25, -0.2) is 10.1 Å². The highest BCUT2D eigenvalue weighted by Crippen LogP contribution is 2.47. The smallest absolute Gasteiger partial charge is 0.383 e. The van der Waals surface area contributed by atoms with Crippen LogP contribution in [0.3, 0.4) is 0 Å². The van der Waals surface area contributed by atoms with Crippen molar-refractivity contribution in [1.29, 1.82) is 5.26 Å². The number of likely N-dealkylation sites (tertiary alicyclic amines) is 1. The number of carbonyl (C=O) groups is 2. The first-order valence-electron chi connectivity index (χ1n) is 12.9. The topological polar surface area (TPSA) is 111 Å². The van der Waals surface area contributed by atoms with Crippen LogP contribution >= 0.6 is 0 Å². The SMILES string of the molecule is COC[C@@H]1Nc2ccccc2[C@H]2[C@@H]1CCN2C(=O)[C@H]1CCCC[C@H]1NC(=O)[NH2+]c1ccc(C#N)cc1. The van der Waals surface area contributed by atoms with E-state index in [1.807, 2.05) is 12.1 Å². The molecule has 0 aromatic heterocycles. The highest BCUT2D eigenvalue weighted by molar-refractivity contribution is 5.82. The molecule has 2 aliphatic heterocycles. The van der Waals surface area contributed by atoms with E-state index in [-0.39, 0.29) is 36.0 Å². The molecule has 1 aliphatic carbocycles. The van der Waals surface area contributed by atoms with Gasteiger partial charge < -0.3 is 20.3 Å². The Labute approximate surface area is 212 Å². The Hall–Kier alpha value is -3.41. The predicted octanol–water partition coefficient (Wildman–Crippen LogP) is 3.05. The van der Waals surface area contributed by atoms with Crippen molar-refractivity contribution >= 4 is 23.3 Å². The van der Waals surface area contributed by atoms with E-state index >= 15 is 0 Å². The Kier molecular flexibility index (Phi) is 7.21. The number of amides is 3. The highest BCUT2D eigenvalue weighted by atomic mass is 16.5. The van der Waals surface area contributed by atoms with Crippen LogP contribution in [-0.4, -0.2) is 49.2 Å². The molecule has 5 rings (SSSR count). The van der Waals surface area contributed by atoms with Crippen LogP contribution in [0.15, 0.2) is 48.5 Å². The molecule has 3 aliphatic rings. The summed E-state index contributed by atoms with van der Waals surface area (Å²) in [7, 11) is 1.72. The number of hydrogen-bond donors (Lipinski definition) is 3. The first-order chi connectivity index (χ1) is 17.6. The second-order valence-electron chi connectivity index (χ2n) is 10.1. The van der Waals surface area contributed by atoms with Crippen LogP contribution in [0.2, 0.25) is 0 Å². The predicted molar refractivity (Wildman–Crippen MR) is 135 cm³/mol. The summed E-state index contributed by atoms with van der Waals surface area (Å²) in [5, 5.41) is 17.3. The molecule has 36 heavy (non-hydrogen) atoms. The van der Waals surface area contributed by atoms with Gasteiger partial charge in [0.05, 0.1) is 36.2 Å². The average molecular weight is 489 g/mol. The lowest BCUT2D eigenvalue weighted by Gasteiger charge is -2.41. The number of methoxy groups -OCH3 is 1. The van der Waals surface area contributed by atoms with E-state index in [0.29, 0.717) is 18.1 Å². The lowest BCUT2D eigenvalue weighted by Crippen LogP contribution is -2.86. The normalized spacial score (nSPS) is 26.8. The van der Waals surface area contributed by atoms with Gasteiger partial charge in [-0.3, -0.25) is 4.79 Å². The summed E-state index contributed by atoms with van der Waals surface area (Å²) in [4.78, 5) is 29.0. The molecule has 4 N–H and O–H groups in total. The first-order valence-corrected chi connectivity index (χ1v) is 12.9. The minimum Gasteiger partial charge on any atom is -0.383 e. The van der Waals surface area contributed by atoms with Crippen molar-refractivity contribution in [2.45, 2.75) is 50.2 Å². The van der Waals surface area contributed by atoms with Gasteiger partial charge in [-0.2, -0.15) is 5.26 Å². The number of nitrogens with zero attached hydrogens (tertiary/aromatic N) is 2. The van der Waals surface area contributed by atoms with E-state index in [0.717, 1.165) is 50.0 Å². The third-order valence-corrected chi connectivity index (χ3v) is 7.96. The second kappa shape index (κ2) is 10.7. The Balaban J connectivity index is 1.31. The molecule has 8 heteroatoms. The van der Waals surface area contributed by atoms with E-state index in [1.165, 1.54) is 5.56 Å². The molecule has 0 radical (unpaired) electrons. The third kappa shape index (κ3) is 4.81. The highest BCUT2D eigenvalue weighted by Gasteiger charge is 2.48. The van der Waals surface area contributed by atoms with Crippen molar-refractivity contribution in [2.24, 2.45) is 11.8 Å². The molecule has 1 saturated heterocycles. The summed E-state index contributed by atoms with van der Waals surface area (Å²) in [6.45, 7) is 1.32.